The molecule has 0 bridgehead atoms. The number of methoxy groups -OCH3 is 1. The van der Waals surface area contributed by atoms with Crippen molar-refractivity contribution in [1.82, 2.24) is 35.0 Å². The van der Waals surface area contributed by atoms with Gasteiger partial charge in [0.1, 0.15) is 17.6 Å². The maximum atomic E-state index is 12.4. The number of carbonyl (C=O) groups is 2. The van der Waals surface area contributed by atoms with Gasteiger partial charge in [0.2, 0.25) is 11.8 Å². The Morgan fingerprint density at radius 2 is 2.05 bits per heavy atom. The molecule has 12 heteroatoms. The van der Waals surface area contributed by atoms with Crippen LogP contribution in [0.5, 0.6) is 5.75 Å². The molecule has 40 heavy (non-hydrogen) atoms. The van der Waals surface area contributed by atoms with Crippen molar-refractivity contribution < 1.29 is 14.3 Å². The fourth-order valence-corrected chi connectivity index (χ4v) is 7.03. The van der Waals surface area contributed by atoms with Gasteiger partial charge >= 0.3 is 0 Å². The van der Waals surface area contributed by atoms with E-state index in [0.29, 0.717) is 38.5 Å². The molecule has 2 fully saturated rings. The summed E-state index contributed by atoms with van der Waals surface area (Å²) in [7, 11) is 1.69. The molecule has 2 amide bonds. The Kier molecular flexibility index (Phi) is 7.07. The summed E-state index contributed by atoms with van der Waals surface area (Å²) >= 11 is 1.66. The topological polar surface area (TPSA) is 130 Å². The maximum absolute atomic E-state index is 12.4. The summed E-state index contributed by atoms with van der Waals surface area (Å²) in [5.74, 6) is 1.36. The van der Waals surface area contributed by atoms with E-state index in [1.807, 2.05) is 15.5 Å². The van der Waals surface area contributed by atoms with Gasteiger partial charge in [-0.05, 0) is 42.0 Å². The zero-order chi connectivity index (χ0) is 28.0. The molecule has 0 saturated carbocycles. The van der Waals surface area contributed by atoms with Crippen molar-refractivity contribution in [3.63, 3.8) is 0 Å². The lowest BCUT2D eigenvalue weighted by Gasteiger charge is -2.34. The first-order valence-corrected chi connectivity index (χ1v) is 14.4. The summed E-state index contributed by atoms with van der Waals surface area (Å²) in [6.07, 6.45) is 2.23. The third-order valence-corrected chi connectivity index (χ3v) is 9.10. The van der Waals surface area contributed by atoms with Crippen LogP contribution < -0.4 is 21.1 Å². The van der Waals surface area contributed by atoms with Crippen molar-refractivity contribution in [2.45, 2.75) is 39.4 Å². The molecular weight excluding hydrogens is 528 g/mol. The summed E-state index contributed by atoms with van der Waals surface area (Å²) in [4.78, 5) is 33.9. The van der Waals surface area contributed by atoms with E-state index in [-0.39, 0.29) is 17.9 Å². The van der Waals surface area contributed by atoms with E-state index < -0.39 is 0 Å². The Hall–Kier alpha value is -3.74. The number of aryl methyl sites for hydroxylation is 1. The maximum Gasteiger partial charge on any atom is 0.237 e. The highest BCUT2D eigenvalue weighted by atomic mass is 32.1. The van der Waals surface area contributed by atoms with Gasteiger partial charge < -0.3 is 26.0 Å². The van der Waals surface area contributed by atoms with Crippen LogP contribution in [0.3, 0.4) is 0 Å². The monoisotopic (exact) mass is 562 g/mol. The number of amides is 2. The first-order valence-electron chi connectivity index (χ1n) is 13.5. The molecule has 210 valence electrons. The van der Waals surface area contributed by atoms with E-state index in [2.05, 4.69) is 44.7 Å². The number of fused-ring (bicyclic) bond motifs is 2. The highest BCUT2D eigenvalue weighted by Crippen LogP contribution is 2.44. The van der Waals surface area contributed by atoms with Crippen LogP contribution in [-0.4, -0.2) is 82.1 Å². The molecule has 2 aliphatic heterocycles. The van der Waals surface area contributed by atoms with Crippen LogP contribution in [0.15, 0.2) is 24.5 Å². The molecular formula is C28H34N8O3S. The number of nitrogens with zero attached hydrogens (tertiary/aromatic N) is 5. The molecule has 1 unspecified atom stereocenters. The number of nitrogens with one attached hydrogen (secondary N) is 2. The second kappa shape index (κ2) is 10.7. The Morgan fingerprint density at radius 3 is 2.75 bits per heavy atom. The lowest BCUT2D eigenvalue weighted by atomic mass is 10.0. The number of thiophene rings is 1. The zero-order valence-corrected chi connectivity index (χ0v) is 23.8. The largest absolute Gasteiger partial charge is 0.495 e. The number of piperazine rings is 1. The molecule has 4 aromatic rings. The fourth-order valence-electron chi connectivity index (χ4n) is 5.82. The molecule has 2 saturated heterocycles. The Labute approximate surface area is 236 Å². The molecule has 11 nitrogen and oxygen atoms in total. The van der Waals surface area contributed by atoms with Crippen LogP contribution in [0.4, 0.5) is 5.82 Å². The van der Waals surface area contributed by atoms with E-state index in [9.17, 15) is 9.59 Å². The molecule has 2 aliphatic rings. The summed E-state index contributed by atoms with van der Waals surface area (Å²) < 4.78 is 8.70. The minimum absolute atomic E-state index is 0.0219. The average molecular weight is 563 g/mol. The molecule has 0 aliphatic carbocycles. The normalized spacial score (nSPS) is 18.1. The second-order valence-electron chi connectivity index (χ2n) is 10.5. The highest BCUT2D eigenvalue weighted by Gasteiger charge is 2.29. The fraction of sp³-hybridized carbons (Fsp3) is 0.429. The first kappa shape index (κ1) is 26.5. The van der Waals surface area contributed by atoms with Crippen LogP contribution in [0.2, 0.25) is 0 Å². The lowest BCUT2D eigenvalue weighted by molar-refractivity contribution is -0.130. The smallest absolute Gasteiger partial charge is 0.237 e. The SMILES string of the molecule is COc1cc(C)cc2cc(-c3c(CNC4CCNC4=O)c(CN4CCN(C(C)=O)CC4)n4ncnc(N)c34)sc12. The van der Waals surface area contributed by atoms with Crippen molar-refractivity contribution in [2.24, 2.45) is 0 Å². The van der Waals surface area contributed by atoms with E-state index >= 15 is 0 Å². The predicted molar refractivity (Wildman–Crippen MR) is 155 cm³/mol. The van der Waals surface area contributed by atoms with Gasteiger partial charge in [-0.3, -0.25) is 14.5 Å². The summed E-state index contributed by atoms with van der Waals surface area (Å²) in [5.41, 5.74) is 11.4. The minimum atomic E-state index is -0.253. The molecule has 0 spiro atoms. The Morgan fingerprint density at radius 1 is 1.25 bits per heavy atom. The van der Waals surface area contributed by atoms with Gasteiger partial charge in [-0.25, -0.2) is 9.50 Å². The van der Waals surface area contributed by atoms with Gasteiger partial charge in [-0.2, -0.15) is 5.10 Å². The summed E-state index contributed by atoms with van der Waals surface area (Å²) in [6.45, 7) is 8.36. The molecule has 0 radical (unpaired) electrons. The lowest BCUT2D eigenvalue weighted by Crippen LogP contribution is -2.47. The number of hydrogen-bond acceptors (Lipinski definition) is 9. The Bertz CT molecular complexity index is 1600. The van der Waals surface area contributed by atoms with Crippen molar-refractivity contribution >= 4 is 44.6 Å². The number of nitrogen functional groups attached to an aromatic ring is 1. The van der Waals surface area contributed by atoms with Crippen LogP contribution in [-0.2, 0) is 22.7 Å². The molecule has 5 heterocycles. The molecule has 6 rings (SSSR count). The van der Waals surface area contributed by atoms with Crippen LogP contribution in [0, 0.1) is 6.92 Å². The highest BCUT2D eigenvalue weighted by molar-refractivity contribution is 7.22. The van der Waals surface area contributed by atoms with Gasteiger partial charge in [-0.15, -0.1) is 11.3 Å². The van der Waals surface area contributed by atoms with Crippen molar-refractivity contribution in [1.29, 1.82) is 0 Å². The van der Waals surface area contributed by atoms with Gasteiger partial charge in [0.05, 0.1) is 23.5 Å². The summed E-state index contributed by atoms with van der Waals surface area (Å²) in [5, 5.41) is 12.2. The number of ether oxygens (including phenoxy) is 1. The first-order chi connectivity index (χ1) is 19.3. The quantitative estimate of drug-likeness (QED) is 0.313. The van der Waals surface area contributed by atoms with Crippen LogP contribution in [0.1, 0.15) is 30.2 Å². The van der Waals surface area contributed by atoms with Crippen LogP contribution >= 0.6 is 11.3 Å². The van der Waals surface area contributed by atoms with Gasteiger partial charge in [-0.1, -0.05) is 6.07 Å². The van der Waals surface area contributed by atoms with Crippen molar-refractivity contribution in [3.8, 4) is 16.2 Å². The number of nitrogens with two attached hydrogens (primary N) is 1. The number of benzene rings is 1. The molecule has 4 N–H and O–H groups in total. The van der Waals surface area contributed by atoms with E-state index in [4.69, 9.17) is 10.5 Å². The van der Waals surface area contributed by atoms with Gasteiger partial charge in [0.15, 0.2) is 5.82 Å². The second-order valence-corrected chi connectivity index (χ2v) is 11.5. The number of carbonyl (C=O) groups excluding carboxylic acids is 2. The minimum Gasteiger partial charge on any atom is -0.495 e. The third-order valence-electron chi connectivity index (χ3n) is 7.92. The number of hydrogen-bond donors (Lipinski definition) is 3. The number of anilines is 1. The average Bonchev–Trinajstić information content (AvgIpc) is 3.63. The van der Waals surface area contributed by atoms with Crippen molar-refractivity contribution in [2.75, 3.05) is 45.6 Å². The third kappa shape index (κ3) is 4.76. The number of rotatable bonds is 7. The predicted octanol–water partition coefficient (Wildman–Crippen LogP) is 2.15. The van der Waals surface area contributed by atoms with Crippen LogP contribution in [0.25, 0.3) is 26.0 Å². The number of aromatic nitrogens is 3. The Balaban J connectivity index is 1.49. The van der Waals surface area contributed by atoms with E-state index in [1.54, 1.807) is 25.4 Å². The summed E-state index contributed by atoms with van der Waals surface area (Å²) in [6, 6.07) is 6.13. The molecule has 1 aromatic carbocycles. The molecule has 3 aromatic heterocycles. The van der Waals surface area contributed by atoms with Gasteiger partial charge in [0, 0.05) is 63.2 Å². The van der Waals surface area contributed by atoms with E-state index in [0.717, 1.165) is 68.1 Å². The van der Waals surface area contributed by atoms with E-state index in [1.165, 1.54) is 6.33 Å². The van der Waals surface area contributed by atoms with Crippen molar-refractivity contribution in [3.05, 3.63) is 41.3 Å². The standard InChI is InChI=1S/C28H34N8O3S/c1-16-10-18-12-23(40-26(18)22(11-16)39-3)24-19(13-31-20-4-5-30-28(20)38)21(36-25(24)27(29)32-15-33-36)14-34-6-8-35(9-7-34)17(2)37/h10-12,15,20,31H,4-9,13-14H2,1-3H3,(H,30,38)(H2,29,32,33). The van der Waals surface area contributed by atoms with Gasteiger partial charge in [0.25, 0.3) is 0 Å². The zero-order valence-electron chi connectivity index (χ0n) is 23.0. The molecule has 1 atom stereocenters.